The molecule has 0 radical (unpaired) electrons. The molecule has 0 saturated carbocycles. The topological polar surface area (TPSA) is 40.6 Å². The third-order valence-electron chi connectivity index (χ3n) is 3.37. The van der Waals surface area contributed by atoms with Gasteiger partial charge in [0.15, 0.2) is 0 Å². The van der Waals surface area contributed by atoms with E-state index >= 15 is 0 Å². The van der Waals surface area contributed by atoms with Crippen molar-refractivity contribution in [1.82, 2.24) is 9.80 Å². The van der Waals surface area contributed by atoms with Crippen LogP contribution in [0.2, 0.25) is 0 Å². The van der Waals surface area contributed by atoms with E-state index < -0.39 is 0 Å². The quantitative estimate of drug-likeness (QED) is 0.724. The number of carbonyl (C=O) groups excluding carboxylic acids is 2. The highest BCUT2D eigenvalue weighted by molar-refractivity contribution is 5.83. The van der Waals surface area contributed by atoms with Crippen LogP contribution in [0.5, 0.6) is 0 Å². The molecule has 98 valence electrons. The van der Waals surface area contributed by atoms with Crippen LogP contribution < -0.4 is 0 Å². The van der Waals surface area contributed by atoms with Gasteiger partial charge in [0.25, 0.3) is 0 Å². The van der Waals surface area contributed by atoms with Gasteiger partial charge in [-0.05, 0) is 39.3 Å². The predicted molar refractivity (Wildman–Crippen MR) is 67.8 cm³/mol. The van der Waals surface area contributed by atoms with E-state index in [0.717, 1.165) is 13.1 Å². The summed E-state index contributed by atoms with van der Waals surface area (Å²) in [6, 6.07) is 0. The Bertz CT molecular complexity index is 279. The van der Waals surface area contributed by atoms with E-state index in [4.69, 9.17) is 0 Å². The van der Waals surface area contributed by atoms with E-state index in [1.165, 1.54) is 26.3 Å². The van der Waals surface area contributed by atoms with Gasteiger partial charge in [-0.15, -0.1) is 0 Å². The summed E-state index contributed by atoms with van der Waals surface area (Å²) in [5, 5.41) is 0. The smallest absolute Gasteiger partial charge is 0.222 e. The zero-order valence-electron chi connectivity index (χ0n) is 11.2. The van der Waals surface area contributed by atoms with Gasteiger partial charge in [0.1, 0.15) is 5.78 Å². The first-order valence-corrected chi connectivity index (χ1v) is 6.41. The molecular weight excluding hydrogens is 216 g/mol. The lowest BCUT2D eigenvalue weighted by atomic mass is 9.98. The van der Waals surface area contributed by atoms with Gasteiger partial charge in [0.2, 0.25) is 5.91 Å². The monoisotopic (exact) mass is 240 g/mol. The molecule has 1 rings (SSSR count). The SMILES string of the molecule is CC(=O)CCC(=O)N(C)CC1CCCN(C)C1. The lowest BCUT2D eigenvalue weighted by Gasteiger charge is -2.32. The minimum Gasteiger partial charge on any atom is -0.345 e. The zero-order valence-corrected chi connectivity index (χ0v) is 11.2. The van der Waals surface area contributed by atoms with Gasteiger partial charge in [-0.2, -0.15) is 0 Å². The molecule has 1 heterocycles. The molecule has 1 aliphatic rings. The highest BCUT2D eigenvalue weighted by Crippen LogP contribution is 2.16. The summed E-state index contributed by atoms with van der Waals surface area (Å²) in [7, 11) is 3.97. The Morgan fingerprint density at radius 1 is 1.35 bits per heavy atom. The lowest BCUT2D eigenvalue weighted by Crippen LogP contribution is -2.40. The van der Waals surface area contributed by atoms with E-state index in [0.29, 0.717) is 18.8 Å². The molecule has 4 heteroatoms. The van der Waals surface area contributed by atoms with Crippen LogP contribution in [0.4, 0.5) is 0 Å². The molecule has 1 amide bonds. The van der Waals surface area contributed by atoms with Crippen molar-refractivity contribution in [3.05, 3.63) is 0 Å². The first kappa shape index (κ1) is 14.2. The van der Waals surface area contributed by atoms with Gasteiger partial charge in [-0.1, -0.05) is 0 Å². The Morgan fingerprint density at radius 2 is 2.06 bits per heavy atom. The first-order valence-electron chi connectivity index (χ1n) is 6.41. The fourth-order valence-electron chi connectivity index (χ4n) is 2.39. The van der Waals surface area contributed by atoms with Gasteiger partial charge >= 0.3 is 0 Å². The summed E-state index contributed by atoms with van der Waals surface area (Å²) in [5.74, 6) is 0.762. The average Bonchev–Trinajstić information content (AvgIpc) is 2.25. The molecule has 1 fully saturated rings. The van der Waals surface area contributed by atoms with Crippen LogP contribution in [0, 0.1) is 5.92 Å². The molecule has 0 aliphatic carbocycles. The second-order valence-electron chi connectivity index (χ2n) is 5.25. The molecule has 17 heavy (non-hydrogen) atoms. The fraction of sp³-hybridized carbons (Fsp3) is 0.846. The minimum absolute atomic E-state index is 0.0872. The van der Waals surface area contributed by atoms with Crippen molar-refractivity contribution in [2.24, 2.45) is 5.92 Å². The van der Waals surface area contributed by atoms with Crippen molar-refractivity contribution in [2.45, 2.75) is 32.6 Å². The summed E-state index contributed by atoms with van der Waals surface area (Å²) >= 11 is 0. The number of Topliss-reactive ketones (excluding diaryl/α,β-unsaturated/α-hetero) is 1. The van der Waals surface area contributed by atoms with Gasteiger partial charge < -0.3 is 14.6 Å². The van der Waals surface area contributed by atoms with E-state index in [-0.39, 0.29) is 11.7 Å². The Balaban J connectivity index is 2.29. The average molecular weight is 240 g/mol. The van der Waals surface area contributed by atoms with Crippen LogP contribution in [0.3, 0.4) is 0 Å². The highest BCUT2D eigenvalue weighted by Gasteiger charge is 2.20. The van der Waals surface area contributed by atoms with Gasteiger partial charge in [0.05, 0.1) is 0 Å². The largest absolute Gasteiger partial charge is 0.345 e. The number of amides is 1. The number of hydrogen-bond donors (Lipinski definition) is 0. The number of likely N-dealkylation sites (tertiary alicyclic amines) is 1. The van der Waals surface area contributed by atoms with Crippen LogP contribution in [0.1, 0.15) is 32.6 Å². The van der Waals surface area contributed by atoms with Crippen molar-refractivity contribution >= 4 is 11.7 Å². The maximum atomic E-state index is 11.8. The summed E-state index contributed by atoms with van der Waals surface area (Å²) < 4.78 is 0. The third kappa shape index (κ3) is 5.31. The second-order valence-corrected chi connectivity index (χ2v) is 5.25. The Morgan fingerprint density at radius 3 is 2.65 bits per heavy atom. The van der Waals surface area contributed by atoms with E-state index in [2.05, 4.69) is 11.9 Å². The fourth-order valence-corrected chi connectivity index (χ4v) is 2.39. The molecule has 0 bridgehead atoms. The van der Waals surface area contributed by atoms with Crippen LogP contribution in [-0.2, 0) is 9.59 Å². The van der Waals surface area contributed by atoms with Crippen LogP contribution in [0.15, 0.2) is 0 Å². The maximum absolute atomic E-state index is 11.8. The van der Waals surface area contributed by atoms with Crippen LogP contribution >= 0.6 is 0 Å². The Kier molecular flexibility index (Phi) is 5.62. The summed E-state index contributed by atoms with van der Waals surface area (Å²) in [6.07, 6.45) is 3.15. The van der Waals surface area contributed by atoms with Crippen molar-refractivity contribution < 1.29 is 9.59 Å². The van der Waals surface area contributed by atoms with Crippen molar-refractivity contribution in [3.8, 4) is 0 Å². The van der Waals surface area contributed by atoms with Crippen molar-refractivity contribution in [2.75, 3.05) is 33.7 Å². The molecule has 0 N–H and O–H groups in total. The van der Waals surface area contributed by atoms with Crippen LogP contribution in [0.25, 0.3) is 0 Å². The molecule has 0 spiro atoms. The number of nitrogens with zero attached hydrogens (tertiary/aromatic N) is 2. The number of rotatable bonds is 5. The molecule has 0 aromatic carbocycles. The molecule has 4 nitrogen and oxygen atoms in total. The van der Waals surface area contributed by atoms with Crippen molar-refractivity contribution in [3.63, 3.8) is 0 Å². The second kappa shape index (κ2) is 6.74. The molecule has 1 atom stereocenters. The molecule has 1 unspecified atom stereocenters. The van der Waals surface area contributed by atoms with Gasteiger partial charge in [-0.3, -0.25) is 4.79 Å². The zero-order chi connectivity index (χ0) is 12.8. The van der Waals surface area contributed by atoms with E-state index in [1.54, 1.807) is 4.90 Å². The summed E-state index contributed by atoms with van der Waals surface area (Å²) in [5.41, 5.74) is 0. The highest BCUT2D eigenvalue weighted by atomic mass is 16.2. The summed E-state index contributed by atoms with van der Waals surface area (Å²) in [6.45, 7) is 4.59. The van der Waals surface area contributed by atoms with Gasteiger partial charge in [0, 0.05) is 33.0 Å². The predicted octanol–water partition coefficient (Wildman–Crippen LogP) is 1.16. The van der Waals surface area contributed by atoms with Crippen LogP contribution in [-0.4, -0.2) is 55.2 Å². The number of piperidine rings is 1. The Labute approximate surface area is 104 Å². The van der Waals surface area contributed by atoms with E-state index in [9.17, 15) is 9.59 Å². The Hall–Kier alpha value is -0.900. The third-order valence-corrected chi connectivity index (χ3v) is 3.37. The molecule has 1 aliphatic heterocycles. The normalized spacial score (nSPS) is 21.2. The van der Waals surface area contributed by atoms with Gasteiger partial charge in [-0.25, -0.2) is 0 Å². The number of ketones is 1. The maximum Gasteiger partial charge on any atom is 0.222 e. The number of carbonyl (C=O) groups is 2. The minimum atomic E-state index is 0.0872. The molecule has 0 aromatic rings. The molecule has 1 saturated heterocycles. The first-order chi connectivity index (χ1) is 7.99. The standard InChI is InChI=1S/C13H24N2O2/c1-11(16)6-7-13(17)15(3)10-12-5-4-8-14(2)9-12/h12H,4-10H2,1-3H3. The molecule has 0 aromatic heterocycles. The van der Waals surface area contributed by atoms with E-state index in [1.807, 2.05) is 7.05 Å². The lowest BCUT2D eigenvalue weighted by molar-refractivity contribution is -0.132. The number of hydrogen-bond acceptors (Lipinski definition) is 3. The molecular formula is C13H24N2O2. The van der Waals surface area contributed by atoms with Crippen molar-refractivity contribution in [1.29, 1.82) is 0 Å². The summed E-state index contributed by atoms with van der Waals surface area (Å²) in [4.78, 5) is 26.7.